The highest BCUT2D eigenvalue weighted by molar-refractivity contribution is 5.59. The van der Waals surface area contributed by atoms with Gasteiger partial charge in [0.15, 0.2) is 0 Å². The van der Waals surface area contributed by atoms with Gasteiger partial charge >= 0.3 is 0 Å². The average Bonchev–Trinajstić information content (AvgIpc) is 2.47. The minimum atomic E-state index is 0.810. The molecule has 106 valence electrons. The number of hydrogen-bond donors (Lipinski definition) is 1. The molecule has 0 aliphatic carbocycles. The molecule has 0 unspecified atom stereocenters. The fraction of sp³-hybridized carbons (Fsp3) is 0.375. The van der Waals surface area contributed by atoms with Crippen molar-refractivity contribution in [1.29, 1.82) is 0 Å². The van der Waals surface area contributed by atoms with E-state index in [1.807, 2.05) is 25.1 Å². The van der Waals surface area contributed by atoms with E-state index < -0.39 is 0 Å². The molecule has 1 heterocycles. The number of anilines is 3. The number of aromatic nitrogens is 2. The van der Waals surface area contributed by atoms with Crippen molar-refractivity contribution in [1.82, 2.24) is 9.97 Å². The van der Waals surface area contributed by atoms with E-state index in [1.54, 1.807) is 6.33 Å². The van der Waals surface area contributed by atoms with Crippen LogP contribution in [0.25, 0.3) is 0 Å². The molecule has 2 rings (SSSR count). The summed E-state index contributed by atoms with van der Waals surface area (Å²) in [6.07, 6.45) is 5.20. The lowest BCUT2D eigenvalue weighted by molar-refractivity contribution is 0.795. The van der Waals surface area contributed by atoms with Gasteiger partial charge in [0.2, 0.25) is 0 Å². The Labute approximate surface area is 120 Å². The molecule has 0 atom stereocenters. The van der Waals surface area contributed by atoms with E-state index in [0.717, 1.165) is 23.7 Å². The van der Waals surface area contributed by atoms with Crippen LogP contribution in [0.2, 0.25) is 0 Å². The van der Waals surface area contributed by atoms with Crippen LogP contribution < -0.4 is 10.2 Å². The Morgan fingerprint density at radius 1 is 1.10 bits per heavy atom. The third-order valence-corrected chi connectivity index (χ3v) is 3.16. The maximum atomic E-state index is 4.24. The molecule has 0 aliphatic heterocycles. The fourth-order valence-electron chi connectivity index (χ4n) is 1.94. The Balaban J connectivity index is 2.04. The highest BCUT2D eigenvalue weighted by Crippen LogP contribution is 2.18. The van der Waals surface area contributed by atoms with Gasteiger partial charge in [0, 0.05) is 25.8 Å². The van der Waals surface area contributed by atoms with Crippen LogP contribution in [-0.2, 0) is 6.42 Å². The zero-order valence-corrected chi connectivity index (χ0v) is 12.4. The maximum Gasteiger partial charge on any atom is 0.135 e. The lowest BCUT2D eigenvalue weighted by atomic mass is 10.1. The van der Waals surface area contributed by atoms with Gasteiger partial charge in [-0.25, -0.2) is 9.97 Å². The Kier molecular flexibility index (Phi) is 4.93. The van der Waals surface area contributed by atoms with E-state index >= 15 is 0 Å². The molecule has 1 aromatic heterocycles. The average molecular weight is 270 g/mol. The second kappa shape index (κ2) is 6.89. The van der Waals surface area contributed by atoms with Crippen LogP contribution in [0.1, 0.15) is 25.3 Å². The number of benzene rings is 1. The fourth-order valence-corrected chi connectivity index (χ4v) is 1.94. The summed E-state index contributed by atoms with van der Waals surface area (Å²) in [5, 5.41) is 3.30. The monoisotopic (exact) mass is 270 g/mol. The molecule has 0 spiro atoms. The van der Waals surface area contributed by atoms with E-state index in [9.17, 15) is 0 Å². The zero-order valence-electron chi connectivity index (χ0n) is 12.4. The van der Waals surface area contributed by atoms with Crippen molar-refractivity contribution >= 4 is 17.3 Å². The van der Waals surface area contributed by atoms with Crippen LogP contribution in [0.3, 0.4) is 0 Å². The van der Waals surface area contributed by atoms with Crippen molar-refractivity contribution < 1.29 is 0 Å². The van der Waals surface area contributed by atoms with Gasteiger partial charge in [-0.2, -0.15) is 0 Å². The number of nitrogens with zero attached hydrogens (tertiary/aromatic N) is 3. The maximum absolute atomic E-state index is 4.24. The van der Waals surface area contributed by atoms with Crippen LogP contribution in [0, 0.1) is 0 Å². The van der Waals surface area contributed by atoms with Gasteiger partial charge in [-0.15, -0.1) is 0 Å². The van der Waals surface area contributed by atoms with Crippen LogP contribution in [0.4, 0.5) is 17.3 Å². The summed E-state index contributed by atoms with van der Waals surface area (Å²) in [5.74, 6) is 1.70. The number of aryl methyl sites for hydroxylation is 1. The Morgan fingerprint density at radius 3 is 2.50 bits per heavy atom. The molecule has 0 amide bonds. The van der Waals surface area contributed by atoms with Gasteiger partial charge in [-0.05, 0) is 30.5 Å². The molecule has 20 heavy (non-hydrogen) atoms. The first-order valence-electron chi connectivity index (χ1n) is 7.04. The minimum Gasteiger partial charge on any atom is -0.363 e. The summed E-state index contributed by atoms with van der Waals surface area (Å²) < 4.78 is 0. The molecule has 0 fully saturated rings. The summed E-state index contributed by atoms with van der Waals surface area (Å²) in [6.45, 7) is 2.22. The molecule has 2 aromatic rings. The molecular weight excluding hydrogens is 248 g/mol. The van der Waals surface area contributed by atoms with Gasteiger partial charge in [-0.1, -0.05) is 25.5 Å². The Bertz CT molecular complexity index is 534. The van der Waals surface area contributed by atoms with Gasteiger partial charge in [0.1, 0.15) is 18.0 Å². The first-order valence-corrected chi connectivity index (χ1v) is 7.04. The van der Waals surface area contributed by atoms with Crippen molar-refractivity contribution in [2.24, 2.45) is 0 Å². The summed E-state index contributed by atoms with van der Waals surface area (Å²) >= 11 is 0. The molecule has 1 aromatic carbocycles. The molecule has 0 aliphatic rings. The normalized spacial score (nSPS) is 10.3. The van der Waals surface area contributed by atoms with Crippen molar-refractivity contribution in [3.05, 3.63) is 42.2 Å². The number of unbranched alkanes of at least 4 members (excludes halogenated alkanes) is 1. The quantitative estimate of drug-likeness (QED) is 0.870. The summed E-state index contributed by atoms with van der Waals surface area (Å²) in [7, 11) is 3.93. The third kappa shape index (κ3) is 3.95. The molecule has 0 saturated carbocycles. The van der Waals surface area contributed by atoms with Crippen molar-refractivity contribution in [3.8, 4) is 0 Å². The molecule has 4 nitrogen and oxygen atoms in total. The van der Waals surface area contributed by atoms with Crippen molar-refractivity contribution in [2.75, 3.05) is 24.3 Å². The zero-order chi connectivity index (χ0) is 14.4. The van der Waals surface area contributed by atoms with E-state index in [2.05, 4.69) is 46.5 Å². The second-order valence-electron chi connectivity index (χ2n) is 5.08. The second-order valence-corrected chi connectivity index (χ2v) is 5.08. The highest BCUT2D eigenvalue weighted by Gasteiger charge is 2.01. The summed E-state index contributed by atoms with van der Waals surface area (Å²) in [4.78, 5) is 10.4. The van der Waals surface area contributed by atoms with E-state index in [1.165, 1.54) is 18.4 Å². The minimum absolute atomic E-state index is 0.810. The molecule has 0 bridgehead atoms. The number of nitrogens with one attached hydrogen (secondary N) is 1. The Morgan fingerprint density at radius 2 is 1.85 bits per heavy atom. The van der Waals surface area contributed by atoms with Gasteiger partial charge in [-0.3, -0.25) is 0 Å². The van der Waals surface area contributed by atoms with Crippen LogP contribution in [0.15, 0.2) is 36.7 Å². The first-order chi connectivity index (χ1) is 9.69. The predicted molar refractivity (Wildman–Crippen MR) is 84.7 cm³/mol. The molecule has 4 heteroatoms. The first kappa shape index (κ1) is 14.3. The smallest absolute Gasteiger partial charge is 0.135 e. The third-order valence-electron chi connectivity index (χ3n) is 3.16. The predicted octanol–water partition coefficient (Wildman–Crippen LogP) is 3.63. The van der Waals surface area contributed by atoms with Crippen LogP contribution >= 0.6 is 0 Å². The van der Waals surface area contributed by atoms with Crippen molar-refractivity contribution in [3.63, 3.8) is 0 Å². The van der Waals surface area contributed by atoms with Crippen LogP contribution in [0.5, 0.6) is 0 Å². The molecule has 1 N–H and O–H groups in total. The Hall–Kier alpha value is -2.10. The lowest BCUT2D eigenvalue weighted by Gasteiger charge is -2.12. The van der Waals surface area contributed by atoms with Gasteiger partial charge in [0.25, 0.3) is 0 Å². The van der Waals surface area contributed by atoms with Gasteiger partial charge in [0.05, 0.1) is 0 Å². The number of hydrogen-bond acceptors (Lipinski definition) is 4. The molecule has 0 saturated heterocycles. The summed E-state index contributed by atoms with van der Waals surface area (Å²) in [5.41, 5.74) is 2.43. The van der Waals surface area contributed by atoms with Gasteiger partial charge < -0.3 is 10.2 Å². The topological polar surface area (TPSA) is 41.0 Å². The highest BCUT2D eigenvalue weighted by atomic mass is 15.2. The summed E-state index contributed by atoms with van der Waals surface area (Å²) in [6, 6.07) is 10.5. The largest absolute Gasteiger partial charge is 0.363 e. The lowest BCUT2D eigenvalue weighted by Crippen LogP contribution is -2.11. The van der Waals surface area contributed by atoms with E-state index in [-0.39, 0.29) is 0 Å². The standard InChI is InChI=1S/C16H22N4/c1-4-5-6-13-7-9-14(10-8-13)19-15-11-16(20(2)3)18-12-17-15/h7-12H,4-6H2,1-3H3,(H,17,18,19). The molecule has 0 radical (unpaired) electrons. The number of rotatable bonds is 6. The SMILES string of the molecule is CCCCc1ccc(Nc2cc(N(C)C)ncn2)cc1. The van der Waals surface area contributed by atoms with E-state index in [0.29, 0.717) is 0 Å². The van der Waals surface area contributed by atoms with Crippen LogP contribution in [-0.4, -0.2) is 24.1 Å². The van der Waals surface area contributed by atoms with E-state index in [4.69, 9.17) is 0 Å². The van der Waals surface area contributed by atoms with Crippen molar-refractivity contribution in [2.45, 2.75) is 26.2 Å². The molecular formula is C16H22N4.